The van der Waals surface area contributed by atoms with Crippen LogP contribution in [-0.2, 0) is 0 Å². The Morgan fingerprint density at radius 1 is 0.739 bits per heavy atom. The Balaban J connectivity index is 2.13. The van der Waals surface area contributed by atoms with Gasteiger partial charge in [0.05, 0.1) is 0 Å². The standard InChI is InChI=1S/C21H19O2/c1-2-20(15-7-11-18(22)12-8-15)21(16-5-3-4-6-16)17-9-13-19(23)14-10-17/h3-14,22-23H,2H2,1H3/b21-20+. The summed E-state index contributed by atoms with van der Waals surface area (Å²) in [6, 6.07) is 14.6. The van der Waals surface area contributed by atoms with Gasteiger partial charge in [-0.25, -0.2) is 0 Å². The third-order valence-electron chi connectivity index (χ3n) is 3.98. The molecule has 1 saturated carbocycles. The van der Waals surface area contributed by atoms with Crippen molar-refractivity contribution in [2.45, 2.75) is 13.3 Å². The zero-order valence-electron chi connectivity index (χ0n) is 13.0. The number of hydrogen-bond acceptors (Lipinski definition) is 2. The molecule has 0 atom stereocenters. The lowest BCUT2D eigenvalue weighted by Crippen LogP contribution is -2.01. The summed E-state index contributed by atoms with van der Waals surface area (Å²) in [7, 11) is 0. The molecule has 1 aliphatic rings. The molecule has 0 bridgehead atoms. The number of hydrogen-bond donors (Lipinski definition) is 2. The number of allylic oxidation sites excluding steroid dienone is 2. The fourth-order valence-electron chi connectivity index (χ4n) is 2.87. The highest BCUT2D eigenvalue weighted by atomic mass is 16.3. The number of rotatable bonds is 4. The van der Waals surface area contributed by atoms with Gasteiger partial charge >= 0.3 is 0 Å². The summed E-state index contributed by atoms with van der Waals surface area (Å²) >= 11 is 0. The van der Waals surface area contributed by atoms with Crippen LogP contribution in [0.1, 0.15) is 24.5 Å². The van der Waals surface area contributed by atoms with Gasteiger partial charge in [0.2, 0.25) is 0 Å². The Morgan fingerprint density at radius 3 is 1.70 bits per heavy atom. The summed E-state index contributed by atoms with van der Waals surface area (Å²) in [6.07, 6.45) is 9.11. The van der Waals surface area contributed by atoms with Gasteiger partial charge in [-0.1, -0.05) is 31.2 Å². The lowest BCUT2D eigenvalue weighted by molar-refractivity contribution is 0.474. The molecule has 23 heavy (non-hydrogen) atoms. The van der Waals surface area contributed by atoms with Gasteiger partial charge in [-0.05, 0) is 78.6 Å². The van der Waals surface area contributed by atoms with E-state index in [1.807, 2.05) is 37.1 Å². The van der Waals surface area contributed by atoms with Gasteiger partial charge in [-0.3, -0.25) is 0 Å². The molecule has 0 spiro atoms. The summed E-state index contributed by atoms with van der Waals surface area (Å²) in [5, 5.41) is 19.1. The van der Waals surface area contributed by atoms with Crippen molar-refractivity contribution in [2.75, 3.05) is 0 Å². The third-order valence-corrected chi connectivity index (χ3v) is 3.98. The maximum Gasteiger partial charge on any atom is 0.115 e. The van der Waals surface area contributed by atoms with Crippen molar-refractivity contribution < 1.29 is 10.2 Å². The summed E-state index contributed by atoms with van der Waals surface area (Å²) in [6.45, 7) is 2.13. The van der Waals surface area contributed by atoms with Crippen molar-refractivity contribution in [3.8, 4) is 11.5 Å². The minimum Gasteiger partial charge on any atom is -0.508 e. The zero-order chi connectivity index (χ0) is 16.2. The van der Waals surface area contributed by atoms with Crippen LogP contribution in [0.2, 0.25) is 0 Å². The Bertz CT molecular complexity index is 675. The normalized spacial score (nSPS) is 16.4. The summed E-state index contributed by atoms with van der Waals surface area (Å²) in [5.41, 5.74) is 4.53. The largest absolute Gasteiger partial charge is 0.508 e. The van der Waals surface area contributed by atoms with E-state index < -0.39 is 0 Å². The third kappa shape index (κ3) is 3.42. The first-order chi connectivity index (χ1) is 11.2. The molecule has 0 unspecified atom stereocenters. The number of aromatic hydroxyl groups is 2. The molecule has 0 saturated heterocycles. The van der Waals surface area contributed by atoms with E-state index in [0.717, 1.165) is 29.0 Å². The first-order valence-electron chi connectivity index (χ1n) is 7.73. The van der Waals surface area contributed by atoms with Gasteiger partial charge < -0.3 is 10.2 Å². The number of benzene rings is 2. The SMILES string of the molecule is CC/C(=C(/[C]1[CH][CH][CH][CH]1)c1ccc(O)cc1)c1ccc(O)cc1. The van der Waals surface area contributed by atoms with Gasteiger partial charge in [-0.2, -0.15) is 0 Å². The Hall–Kier alpha value is -2.22. The molecular weight excluding hydrogens is 284 g/mol. The van der Waals surface area contributed by atoms with E-state index in [2.05, 4.69) is 19.8 Å². The molecule has 5 radical (unpaired) electrons. The highest BCUT2D eigenvalue weighted by Crippen LogP contribution is 2.42. The van der Waals surface area contributed by atoms with Crippen molar-refractivity contribution in [2.24, 2.45) is 0 Å². The van der Waals surface area contributed by atoms with Crippen LogP contribution in [0.25, 0.3) is 11.1 Å². The molecule has 0 heterocycles. The molecule has 2 N–H and O–H groups in total. The van der Waals surface area contributed by atoms with Crippen LogP contribution < -0.4 is 0 Å². The van der Waals surface area contributed by atoms with Crippen molar-refractivity contribution >= 4 is 11.1 Å². The Kier molecular flexibility index (Phi) is 4.71. The predicted molar refractivity (Wildman–Crippen MR) is 93.8 cm³/mol. The minimum absolute atomic E-state index is 0.262. The second-order valence-corrected chi connectivity index (χ2v) is 5.47. The maximum atomic E-state index is 9.57. The Morgan fingerprint density at radius 2 is 1.22 bits per heavy atom. The van der Waals surface area contributed by atoms with Gasteiger partial charge in [0, 0.05) is 5.92 Å². The van der Waals surface area contributed by atoms with E-state index in [9.17, 15) is 10.2 Å². The van der Waals surface area contributed by atoms with E-state index in [1.165, 1.54) is 5.57 Å². The minimum atomic E-state index is 0.262. The lowest BCUT2D eigenvalue weighted by Gasteiger charge is -2.20. The molecule has 3 rings (SSSR count). The predicted octanol–water partition coefficient (Wildman–Crippen LogP) is 4.82. The molecule has 2 heteroatoms. The van der Waals surface area contributed by atoms with Crippen molar-refractivity contribution in [3.05, 3.63) is 91.3 Å². The average molecular weight is 303 g/mol. The summed E-state index contributed by atoms with van der Waals surface area (Å²) < 4.78 is 0. The van der Waals surface area contributed by atoms with E-state index in [-0.39, 0.29) is 11.5 Å². The molecular formula is C21H19O2. The van der Waals surface area contributed by atoms with E-state index in [0.29, 0.717) is 0 Å². The van der Waals surface area contributed by atoms with E-state index in [1.54, 1.807) is 24.3 Å². The van der Waals surface area contributed by atoms with Crippen LogP contribution in [0.5, 0.6) is 11.5 Å². The fraction of sp³-hybridized carbons (Fsp3) is 0.0952. The molecule has 2 aromatic rings. The molecule has 0 aliphatic heterocycles. The molecule has 1 fully saturated rings. The highest BCUT2D eigenvalue weighted by Gasteiger charge is 2.25. The van der Waals surface area contributed by atoms with Gasteiger partial charge in [0.1, 0.15) is 11.5 Å². The molecule has 2 nitrogen and oxygen atoms in total. The second kappa shape index (κ2) is 6.91. The Labute approximate surface area is 138 Å². The highest BCUT2D eigenvalue weighted by molar-refractivity contribution is 5.99. The quantitative estimate of drug-likeness (QED) is 0.795. The van der Waals surface area contributed by atoms with Crippen LogP contribution in [0.3, 0.4) is 0 Å². The smallest absolute Gasteiger partial charge is 0.115 e. The van der Waals surface area contributed by atoms with Gasteiger partial charge in [0.15, 0.2) is 0 Å². The fourth-order valence-corrected chi connectivity index (χ4v) is 2.87. The second-order valence-electron chi connectivity index (χ2n) is 5.47. The zero-order valence-corrected chi connectivity index (χ0v) is 13.0. The first-order valence-corrected chi connectivity index (χ1v) is 7.73. The van der Waals surface area contributed by atoms with Crippen molar-refractivity contribution in [1.82, 2.24) is 0 Å². The molecule has 0 amide bonds. The monoisotopic (exact) mass is 303 g/mol. The first kappa shape index (κ1) is 15.7. The lowest BCUT2D eigenvalue weighted by atomic mass is 9.83. The van der Waals surface area contributed by atoms with Gasteiger partial charge in [0.25, 0.3) is 0 Å². The van der Waals surface area contributed by atoms with Crippen molar-refractivity contribution in [3.63, 3.8) is 0 Å². The summed E-state index contributed by atoms with van der Waals surface area (Å²) in [4.78, 5) is 0. The van der Waals surface area contributed by atoms with Crippen LogP contribution in [-0.4, -0.2) is 10.2 Å². The maximum absolute atomic E-state index is 9.57. The molecule has 0 aromatic heterocycles. The average Bonchev–Trinajstić information content (AvgIpc) is 3.09. The van der Waals surface area contributed by atoms with E-state index in [4.69, 9.17) is 0 Å². The van der Waals surface area contributed by atoms with Gasteiger partial charge in [-0.15, -0.1) is 0 Å². The molecule has 2 aromatic carbocycles. The van der Waals surface area contributed by atoms with Crippen molar-refractivity contribution in [1.29, 1.82) is 0 Å². The molecule has 115 valence electrons. The van der Waals surface area contributed by atoms with Crippen LogP contribution in [0.4, 0.5) is 0 Å². The number of phenols is 2. The van der Waals surface area contributed by atoms with Crippen LogP contribution >= 0.6 is 0 Å². The van der Waals surface area contributed by atoms with E-state index >= 15 is 0 Å². The molecule has 1 aliphatic carbocycles. The van der Waals surface area contributed by atoms with Crippen LogP contribution in [0, 0.1) is 31.6 Å². The van der Waals surface area contributed by atoms with Crippen LogP contribution in [0.15, 0.2) is 48.5 Å². The summed E-state index contributed by atoms with van der Waals surface area (Å²) in [5.74, 6) is 1.68. The number of phenolic OH excluding ortho intramolecular Hbond substituents is 2. The topological polar surface area (TPSA) is 40.5 Å².